The second-order valence-electron chi connectivity index (χ2n) is 7.78. The largest absolute Gasteiger partial charge is 0.335 e. The minimum absolute atomic E-state index is 0.0243. The summed E-state index contributed by atoms with van der Waals surface area (Å²) in [7, 11) is 0. The summed E-state index contributed by atoms with van der Waals surface area (Å²) in [4.78, 5) is 44.3. The summed E-state index contributed by atoms with van der Waals surface area (Å²) in [5.74, 6) is -0.0230. The van der Waals surface area contributed by atoms with Crippen molar-refractivity contribution in [1.29, 1.82) is 0 Å². The molecule has 6 heteroatoms. The molecule has 2 amide bonds. The number of pyridine rings is 1. The molecule has 2 atom stereocenters. The smallest absolute Gasteiger partial charge is 0.256 e. The molecule has 146 valence electrons. The third-order valence-corrected chi connectivity index (χ3v) is 5.95. The van der Waals surface area contributed by atoms with Crippen LogP contribution in [0.25, 0.3) is 10.9 Å². The predicted octanol–water partition coefficient (Wildman–Crippen LogP) is 2.70. The number of rotatable bonds is 3. The van der Waals surface area contributed by atoms with Crippen LogP contribution in [0.3, 0.4) is 0 Å². The van der Waals surface area contributed by atoms with E-state index in [-0.39, 0.29) is 29.5 Å². The van der Waals surface area contributed by atoms with Gasteiger partial charge in [-0.3, -0.25) is 14.4 Å². The molecule has 2 aliphatic heterocycles. The maximum Gasteiger partial charge on any atom is 0.256 e. The number of para-hydroxylation sites is 1. The number of nitrogens with one attached hydrogen (secondary N) is 1. The van der Waals surface area contributed by atoms with E-state index in [0.29, 0.717) is 24.2 Å². The lowest BCUT2D eigenvalue weighted by molar-refractivity contribution is -0.128. The van der Waals surface area contributed by atoms with Gasteiger partial charge in [-0.15, -0.1) is 0 Å². The Labute approximate surface area is 163 Å². The van der Waals surface area contributed by atoms with E-state index >= 15 is 0 Å². The first-order chi connectivity index (χ1) is 13.5. The first-order valence-corrected chi connectivity index (χ1v) is 9.88. The molecule has 1 aromatic heterocycles. The highest BCUT2D eigenvalue weighted by Crippen LogP contribution is 2.32. The lowest BCUT2D eigenvalue weighted by Gasteiger charge is -2.41. The van der Waals surface area contributed by atoms with E-state index < -0.39 is 0 Å². The standard InChI is InChI=1S/C22H25N3O3/c1-3-14(2)11-20(27)24-12-16-8-9-17(13-24)25(16)22(28)18-6-4-5-15-7-10-19(26)23-21(15)18/h4-7,10-11,16-17H,3,8-9,12-13H2,1-2H3,(H,23,26)/b14-11+/t16-,17+. The van der Waals surface area contributed by atoms with Crippen molar-refractivity contribution in [1.82, 2.24) is 14.8 Å². The van der Waals surface area contributed by atoms with Crippen LogP contribution in [-0.4, -0.2) is 51.8 Å². The Balaban J connectivity index is 1.61. The molecule has 1 aromatic carbocycles. The second-order valence-corrected chi connectivity index (χ2v) is 7.78. The maximum atomic E-state index is 13.4. The molecule has 28 heavy (non-hydrogen) atoms. The molecule has 2 aliphatic rings. The fourth-order valence-electron chi connectivity index (χ4n) is 4.31. The van der Waals surface area contributed by atoms with Crippen LogP contribution >= 0.6 is 0 Å². The summed E-state index contributed by atoms with van der Waals surface area (Å²) < 4.78 is 0. The Hall–Kier alpha value is -2.89. The van der Waals surface area contributed by atoms with E-state index in [1.54, 1.807) is 18.2 Å². The van der Waals surface area contributed by atoms with Crippen molar-refractivity contribution in [3.63, 3.8) is 0 Å². The van der Waals surface area contributed by atoms with Gasteiger partial charge in [0.25, 0.3) is 5.91 Å². The molecule has 2 saturated heterocycles. The van der Waals surface area contributed by atoms with Gasteiger partial charge in [-0.05, 0) is 43.7 Å². The maximum absolute atomic E-state index is 13.4. The number of fused-ring (bicyclic) bond motifs is 3. The van der Waals surface area contributed by atoms with Gasteiger partial charge in [-0.25, -0.2) is 0 Å². The second kappa shape index (κ2) is 7.26. The molecular formula is C22H25N3O3. The molecule has 2 aromatic rings. The Morgan fingerprint density at radius 2 is 1.86 bits per heavy atom. The normalized spacial score (nSPS) is 22.0. The molecule has 0 spiro atoms. The number of aromatic amines is 1. The summed E-state index contributed by atoms with van der Waals surface area (Å²) in [6.07, 6.45) is 4.37. The number of carbonyl (C=O) groups excluding carboxylic acids is 2. The monoisotopic (exact) mass is 379 g/mol. The van der Waals surface area contributed by atoms with E-state index in [2.05, 4.69) is 4.98 Å². The summed E-state index contributed by atoms with van der Waals surface area (Å²) in [6, 6.07) is 8.75. The van der Waals surface area contributed by atoms with Gasteiger partial charge < -0.3 is 14.8 Å². The number of H-pyrrole nitrogens is 1. The first-order valence-electron chi connectivity index (χ1n) is 9.88. The Morgan fingerprint density at radius 1 is 1.14 bits per heavy atom. The number of amides is 2. The average Bonchev–Trinajstić information content (AvgIpc) is 2.95. The highest BCUT2D eigenvalue weighted by atomic mass is 16.2. The molecular weight excluding hydrogens is 354 g/mol. The number of carbonyl (C=O) groups is 2. The van der Waals surface area contributed by atoms with Crippen molar-refractivity contribution in [3.8, 4) is 0 Å². The van der Waals surface area contributed by atoms with Gasteiger partial charge in [0, 0.05) is 25.2 Å². The van der Waals surface area contributed by atoms with Gasteiger partial charge in [-0.2, -0.15) is 0 Å². The quantitative estimate of drug-likeness (QED) is 0.834. The van der Waals surface area contributed by atoms with Crippen molar-refractivity contribution in [2.75, 3.05) is 13.1 Å². The number of hydrogen-bond acceptors (Lipinski definition) is 3. The molecule has 1 N–H and O–H groups in total. The van der Waals surface area contributed by atoms with Crippen LogP contribution in [-0.2, 0) is 4.79 Å². The van der Waals surface area contributed by atoms with E-state index in [1.165, 1.54) is 6.07 Å². The number of allylic oxidation sites excluding steroid dienone is 1. The predicted molar refractivity (Wildman–Crippen MR) is 108 cm³/mol. The van der Waals surface area contributed by atoms with Crippen molar-refractivity contribution in [2.24, 2.45) is 0 Å². The van der Waals surface area contributed by atoms with E-state index in [1.807, 2.05) is 35.8 Å². The topological polar surface area (TPSA) is 73.5 Å². The average molecular weight is 379 g/mol. The highest BCUT2D eigenvalue weighted by molar-refractivity contribution is 6.05. The third kappa shape index (κ3) is 3.23. The van der Waals surface area contributed by atoms with Gasteiger partial charge >= 0.3 is 0 Å². The van der Waals surface area contributed by atoms with Gasteiger partial charge in [-0.1, -0.05) is 24.6 Å². The van der Waals surface area contributed by atoms with Crippen LogP contribution in [0.15, 0.2) is 46.8 Å². The fraction of sp³-hybridized carbons (Fsp3) is 0.409. The highest BCUT2D eigenvalue weighted by Gasteiger charge is 2.44. The van der Waals surface area contributed by atoms with Crippen LogP contribution in [0.2, 0.25) is 0 Å². The van der Waals surface area contributed by atoms with Crippen LogP contribution < -0.4 is 5.56 Å². The molecule has 0 radical (unpaired) electrons. The molecule has 3 heterocycles. The van der Waals surface area contributed by atoms with Crippen LogP contribution in [0.4, 0.5) is 0 Å². The van der Waals surface area contributed by atoms with Gasteiger partial charge in [0.15, 0.2) is 0 Å². The zero-order valence-electron chi connectivity index (χ0n) is 16.3. The summed E-state index contributed by atoms with van der Waals surface area (Å²) in [6.45, 7) is 5.13. The summed E-state index contributed by atoms with van der Waals surface area (Å²) >= 11 is 0. The molecule has 6 nitrogen and oxygen atoms in total. The minimum atomic E-state index is -0.218. The van der Waals surface area contributed by atoms with Crippen LogP contribution in [0, 0.1) is 0 Å². The fourth-order valence-corrected chi connectivity index (χ4v) is 4.31. The lowest BCUT2D eigenvalue weighted by atomic mass is 10.1. The SMILES string of the molecule is CC/C(C)=C/C(=O)N1C[C@H]2CC[C@@H](C1)N2C(=O)c1cccc2ccc(=O)[nH]c12. The van der Waals surface area contributed by atoms with Gasteiger partial charge in [0.05, 0.1) is 23.2 Å². The van der Waals surface area contributed by atoms with Crippen molar-refractivity contribution < 1.29 is 9.59 Å². The molecule has 4 rings (SSSR count). The lowest BCUT2D eigenvalue weighted by Crippen LogP contribution is -2.57. The number of piperazine rings is 1. The number of nitrogens with zero attached hydrogens (tertiary/aromatic N) is 2. The van der Waals surface area contributed by atoms with Gasteiger partial charge in [0.1, 0.15) is 0 Å². The molecule has 2 fully saturated rings. The Morgan fingerprint density at radius 3 is 2.54 bits per heavy atom. The number of hydrogen-bond donors (Lipinski definition) is 1. The molecule has 0 aliphatic carbocycles. The van der Waals surface area contributed by atoms with E-state index in [0.717, 1.165) is 30.2 Å². The van der Waals surface area contributed by atoms with Crippen LogP contribution in [0.5, 0.6) is 0 Å². The number of likely N-dealkylation sites (tertiary alicyclic amines) is 1. The van der Waals surface area contributed by atoms with Crippen LogP contribution in [0.1, 0.15) is 43.5 Å². The summed E-state index contributed by atoms with van der Waals surface area (Å²) in [5, 5.41) is 0.840. The Kier molecular flexibility index (Phi) is 4.79. The zero-order chi connectivity index (χ0) is 19.8. The Bertz CT molecular complexity index is 1010. The van der Waals surface area contributed by atoms with E-state index in [9.17, 15) is 14.4 Å². The molecule has 0 unspecified atom stereocenters. The van der Waals surface area contributed by atoms with Crippen molar-refractivity contribution >= 4 is 22.7 Å². The molecule has 2 bridgehead atoms. The third-order valence-electron chi connectivity index (χ3n) is 5.95. The summed E-state index contributed by atoms with van der Waals surface area (Å²) in [5.41, 5.74) is 1.95. The van der Waals surface area contributed by atoms with Gasteiger partial charge in [0.2, 0.25) is 11.5 Å². The van der Waals surface area contributed by atoms with Crippen molar-refractivity contribution in [3.05, 3.63) is 57.9 Å². The number of benzene rings is 1. The van der Waals surface area contributed by atoms with E-state index in [4.69, 9.17) is 0 Å². The minimum Gasteiger partial charge on any atom is -0.335 e. The number of aromatic nitrogens is 1. The zero-order valence-corrected chi connectivity index (χ0v) is 16.3. The van der Waals surface area contributed by atoms with Crippen molar-refractivity contribution in [2.45, 2.75) is 45.2 Å². The molecule has 0 saturated carbocycles. The first kappa shape index (κ1) is 18.5.